The Bertz CT molecular complexity index is 375. The summed E-state index contributed by atoms with van der Waals surface area (Å²) in [7, 11) is 0. The summed E-state index contributed by atoms with van der Waals surface area (Å²) in [5.41, 5.74) is -0.839. The maximum absolute atomic E-state index is 10.6. The standard InChI is InChI=1S/C16H34N4O2S.HI/c1-6-17-14(18-11-15(2,3)23-5)19-12-16(4,21)13-20-7-9-22-10-8-20;/h21H,6-13H2,1-5H3,(H2,17,18,19);1H. The average molecular weight is 474 g/mol. The van der Waals surface area contributed by atoms with E-state index < -0.39 is 5.60 Å². The first-order valence-corrected chi connectivity index (χ1v) is 9.60. The van der Waals surface area contributed by atoms with Gasteiger partial charge in [0, 0.05) is 37.5 Å². The average Bonchev–Trinajstić information content (AvgIpc) is 2.51. The van der Waals surface area contributed by atoms with Gasteiger partial charge in [-0.05, 0) is 34.0 Å². The van der Waals surface area contributed by atoms with Gasteiger partial charge in [-0.15, -0.1) is 24.0 Å². The predicted molar refractivity (Wildman–Crippen MR) is 115 cm³/mol. The zero-order chi connectivity index (χ0) is 17.3. The van der Waals surface area contributed by atoms with Crippen LogP contribution in [0.15, 0.2) is 4.99 Å². The van der Waals surface area contributed by atoms with Gasteiger partial charge in [0.1, 0.15) is 0 Å². The Hall–Kier alpha value is 0.230. The number of nitrogens with zero attached hydrogens (tertiary/aromatic N) is 2. The summed E-state index contributed by atoms with van der Waals surface area (Å²) in [5, 5.41) is 17.2. The van der Waals surface area contributed by atoms with Crippen LogP contribution < -0.4 is 10.6 Å². The Morgan fingerprint density at radius 3 is 2.42 bits per heavy atom. The molecule has 24 heavy (non-hydrogen) atoms. The van der Waals surface area contributed by atoms with Crippen molar-refractivity contribution in [1.82, 2.24) is 15.5 Å². The monoisotopic (exact) mass is 474 g/mol. The largest absolute Gasteiger partial charge is 0.387 e. The molecule has 1 unspecified atom stereocenters. The van der Waals surface area contributed by atoms with Gasteiger partial charge >= 0.3 is 0 Å². The fourth-order valence-corrected chi connectivity index (χ4v) is 2.47. The lowest BCUT2D eigenvalue weighted by Crippen LogP contribution is -2.48. The van der Waals surface area contributed by atoms with Crippen molar-refractivity contribution in [3.8, 4) is 0 Å². The summed E-state index contributed by atoms with van der Waals surface area (Å²) in [4.78, 5) is 6.80. The minimum absolute atomic E-state index is 0. The number of aliphatic hydroxyl groups is 1. The van der Waals surface area contributed by atoms with Gasteiger partial charge in [-0.3, -0.25) is 9.89 Å². The number of rotatable bonds is 8. The van der Waals surface area contributed by atoms with E-state index in [0.717, 1.165) is 45.4 Å². The van der Waals surface area contributed by atoms with Crippen molar-refractivity contribution in [2.45, 2.75) is 38.0 Å². The van der Waals surface area contributed by atoms with Crippen LogP contribution in [0.2, 0.25) is 0 Å². The summed E-state index contributed by atoms with van der Waals surface area (Å²) in [6.45, 7) is 14.1. The van der Waals surface area contributed by atoms with E-state index in [4.69, 9.17) is 4.74 Å². The van der Waals surface area contributed by atoms with Crippen molar-refractivity contribution in [3.63, 3.8) is 0 Å². The van der Waals surface area contributed by atoms with Gasteiger partial charge in [0.15, 0.2) is 5.96 Å². The zero-order valence-electron chi connectivity index (χ0n) is 15.7. The van der Waals surface area contributed by atoms with E-state index >= 15 is 0 Å². The number of guanidine groups is 1. The minimum atomic E-state index is -0.839. The highest BCUT2D eigenvalue weighted by atomic mass is 127. The number of hydrogen-bond acceptors (Lipinski definition) is 5. The molecule has 0 saturated carbocycles. The Kier molecular flexibility index (Phi) is 11.9. The van der Waals surface area contributed by atoms with Crippen LogP contribution in [0.3, 0.4) is 0 Å². The summed E-state index contributed by atoms with van der Waals surface area (Å²) in [6, 6.07) is 0. The Morgan fingerprint density at radius 2 is 1.88 bits per heavy atom. The number of hydrogen-bond donors (Lipinski definition) is 3. The molecular formula is C16H35IN4O2S. The molecule has 1 rings (SSSR count). The smallest absolute Gasteiger partial charge is 0.191 e. The molecule has 0 amide bonds. The Balaban J connectivity index is 0.00000529. The van der Waals surface area contributed by atoms with Crippen LogP contribution >= 0.6 is 35.7 Å². The van der Waals surface area contributed by atoms with Crippen molar-refractivity contribution < 1.29 is 9.84 Å². The molecule has 1 saturated heterocycles. The molecule has 0 aromatic heterocycles. The molecule has 1 aliphatic rings. The molecule has 3 N–H and O–H groups in total. The number of thioether (sulfide) groups is 1. The third-order valence-corrected chi connectivity index (χ3v) is 5.07. The highest BCUT2D eigenvalue weighted by Gasteiger charge is 2.25. The minimum Gasteiger partial charge on any atom is -0.387 e. The molecule has 1 fully saturated rings. The van der Waals surface area contributed by atoms with Crippen LogP contribution in [0.5, 0.6) is 0 Å². The van der Waals surface area contributed by atoms with Crippen LogP contribution in [0.4, 0.5) is 0 Å². The predicted octanol–water partition coefficient (Wildman–Crippen LogP) is 1.38. The van der Waals surface area contributed by atoms with E-state index in [2.05, 4.69) is 40.6 Å². The first-order chi connectivity index (χ1) is 10.8. The first-order valence-electron chi connectivity index (χ1n) is 8.38. The topological polar surface area (TPSA) is 69.1 Å². The number of nitrogens with one attached hydrogen (secondary N) is 2. The summed E-state index contributed by atoms with van der Waals surface area (Å²) in [5.74, 6) is 0.761. The number of β-amino-alcohol motifs (C(OH)–C–C–N with tert-alkyl or cyclic N) is 1. The second kappa shape index (κ2) is 11.8. The maximum Gasteiger partial charge on any atom is 0.191 e. The fraction of sp³-hybridized carbons (Fsp3) is 0.938. The molecule has 0 aromatic rings. The first kappa shape index (κ1) is 24.2. The Labute approximate surface area is 168 Å². The molecule has 1 atom stereocenters. The lowest BCUT2D eigenvalue weighted by atomic mass is 10.1. The van der Waals surface area contributed by atoms with Crippen LogP contribution in [-0.4, -0.2) is 85.1 Å². The highest BCUT2D eigenvalue weighted by molar-refractivity contribution is 14.0. The number of halogens is 1. The van der Waals surface area contributed by atoms with Crippen LogP contribution in [0.25, 0.3) is 0 Å². The number of aliphatic imine (C=N–C) groups is 1. The van der Waals surface area contributed by atoms with Gasteiger partial charge in [0.05, 0.1) is 25.4 Å². The molecule has 1 aliphatic heterocycles. The quantitative estimate of drug-likeness (QED) is 0.281. The highest BCUT2D eigenvalue weighted by Crippen LogP contribution is 2.19. The van der Waals surface area contributed by atoms with Gasteiger partial charge in [-0.2, -0.15) is 11.8 Å². The van der Waals surface area contributed by atoms with Crippen molar-refractivity contribution in [2.24, 2.45) is 4.99 Å². The number of morpholine rings is 1. The zero-order valence-corrected chi connectivity index (χ0v) is 18.9. The van der Waals surface area contributed by atoms with Gasteiger partial charge in [-0.1, -0.05) is 0 Å². The van der Waals surface area contributed by atoms with E-state index in [1.807, 2.05) is 25.6 Å². The molecule has 0 radical (unpaired) electrons. The van der Waals surface area contributed by atoms with E-state index in [0.29, 0.717) is 13.1 Å². The molecule has 1 heterocycles. The molecule has 0 aliphatic carbocycles. The third-order valence-electron chi connectivity index (χ3n) is 3.82. The van der Waals surface area contributed by atoms with E-state index in [9.17, 15) is 5.11 Å². The molecule has 0 aromatic carbocycles. The maximum atomic E-state index is 10.6. The SMILES string of the molecule is CCNC(=NCC(C)(O)CN1CCOCC1)NCC(C)(C)SC.I. The summed E-state index contributed by atoms with van der Waals surface area (Å²) in [6.07, 6.45) is 2.11. The van der Waals surface area contributed by atoms with E-state index in [1.54, 1.807) is 0 Å². The molecule has 144 valence electrons. The normalized spacial score (nSPS) is 19.3. The van der Waals surface area contributed by atoms with Crippen LogP contribution in [0.1, 0.15) is 27.7 Å². The van der Waals surface area contributed by atoms with Gasteiger partial charge in [0.25, 0.3) is 0 Å². The summed E-state index contributed by atoms with van der Waals surface area (Å²) >= 11 is 1.82. The second-order valence-electron chi connectivity index (χ2n) is 6.90. The van der Waals surface area contributed by atoms with Crippen molar-refractivity contribution in [1.29, 1.82) is 0 Å². The van der Waals surface area contributed by atoms with Gasteiger partial charge in [-0.25, -0.2) is 0 Å². The lowest BCUT2D eigenvalue weighted by Gasteiger charge is -2.33. The van der Waals surface area contributed by atoms with Gasteiger partial charge < -0.3 is 20.5 Å². The van der Waals surface area contributed by atoms with Crippen molar-refractivity contribution in [2.75, 3.05) is 58.7 Å². The summed E-state index contributed by atoms with van der Waals surface area (Å²) < 4.78 is 5.49. The Morgan fingerprint density at radius 1 is 1.25 bits per heavy atom. The fourth-order valence-electron chi connectivity index (χ4n) is 2.25. The van der Waals surface area contributed by atoms with Crippen molar-refractivity contribution in [3.05, 3.63) is 0 Å². The molecular weight excluding hydrogens is 439 g/mol. The molecule has 0 bridgehead atoms. The number of ether oxygens (including phenoxy) is 1. The van der Waals surface area contributed by atoms with Crippen LogP contribution in [0, 0.1) is 0 Å². The van der Waals surface area contributed by atoms with Crippen molar-refractivity contribution >= 4 is 41.7 Å². The van der Waals surface area contributed by atoms with Gasteiger partial charge in [0.2, 0.25) is 0 Å². The van der Waals surface area contributed by atoms with E-state index in [-0.39, 0.29) is 28.7 Å². The molecule has 0 spiro atoms. The van der Waals surface area contributed by atoms with Crippen LogP contribution in [-0.2, 0) is 4.74 Å². The molecule has 6 nitrogen and oxygen atoms in total. The van der Waals surface area contributed by atoms with E-state index in [1.165, 1.54) is 0 Å². The third kappa shape index (κ3) is 10.3. The molecule has 8 heteroatoms. The second-order valence-corrected chi connectivity index (χ2v) is 8.41. The lowest BCUT2D eigenvalue weighted by molar-refractivity contribution is -0.0179.